The molecule has 0 radical (unpaired) electrons. The van der Waals surface area contributed by atoms with Crippen molar-refractivity contribution in [3.8, 4) is 0 Å². The lowest BCUT2D eigenvalue weighted by molar-refractivity contribution is -0.150. The molecular weight excluding hydrogens is 260 g/mol. The van der Waals surface area contributed by atoms with Crippen LogP contribution in [0.2, 0.25) is 0 Å². The topological polar surface area (TPSA) is 78.9 Å². The monoisotopic (exact) mass is 286 g/mol. The smallest absolute Gasteiger partial charge is 0.317 e. The van der Waals surface area contributed by atoms with E-state index in [1.54, 1.807) is 11.8 Å². The van der Waals surface area contributed by atoms with Crippen LogP contribution >= 0.6 is 0 Å². The Bertz CT molecular complexity index is 346. The van der Waals surface area contributed by atoms with Gasteiger partial charge in [-0.15, -0.1) is 0 Å². The Morgan fingerprint density at radius 3 is 2.75 bits per heavy atom. The molecule has 2 amide bonds. The number of ether oxygens (including phenoxy) is 1. The van der Waals surface area contributed by atoms with Crippen LogP contribution < -0.4 is 5.32 Å². The zero-order valence-electron chi connectivity index (χ0n) is 12.6. The van der Waals surface area contributed by atoms with Crippen LogP contribution in [-0.4, -0.2) is 54.9 Å². The molecule has 116 valence electrons. The average Bonchev–Trinajstić information content (AvgIpc) is 2.37. The first-order valence-corrected chi connectivity index (χ1v) is 7.19. The Hall–Kier alpha value is -1.30. The largest absolute Gasteiger partial charge is 0.481 e. The predicted molar refractivity (Wildman–Crippen MR) is 75.6 cm³/mol. The lowest BCUT2D eigenvalue weighted by Crippen LogP contribution is -2.51. The predicted octanol–water partition coefficient (Wildman–Crippen LogP) is 1.56. The number of rotatable bonds is 6. The minimum Gasteiger partial charge on any atom is -0.481 e. The van der Waals surface area contributed by atoms with Gasteiger partial charge in [-0.3, -0.25) is 4.79 Å². The lowest BCUT2D eigenvalue weighted by Gasteiger charge is -2.37. The van der Waals surface area contributed by atoms with Gasteiger partial charge in [-0.1, -0.05) is 13.8 Å². The molecule has 6 heteroatoms. The van der Waals surface area contributed by atoms with Gasteiger partial charge >= 0.3 is 12.0 Å². The number of hydrogen-bond acceptors (Lipinski definition) is 3. The summed E-state index contributed by atoms with van der Waals surface area (Å²) in [6.45, 7) is 8.32. The molecule has 1 aliphatic rings. The molecule has 1 heterocycles. The number of hydrogen-bond donors (Lipinski definition) is 2. The highest BCUT2D eigenvalue weighted by molar-refractivity contribution is 5.78. The van der Waals surface area contributed by atoms with Crippen LogP contribution in [0.4, 0.5) is 4.79 Å². The third kappa shape index (κ3) is 5.00. The summed E-state index contributed by atoms with van der Waals surface area (Å²) in [4.78, 5) is 24.8. The van der Waals surface area contributed by atoms with Crippen LogP contribution in [0, 0.1) is 11.3 Å². The normalized spacial score (nSPS) is 22.9. The van der Waals surface area contributed by atoms with E-state index in [0.29, 0.717) is 38.6 Å². The van der Waals surface area contributed by atoms with Crippen LogP contribution in [0.5, 0.6) is 0 Å². The number of carbonyl (C=O) groups excluding carboxylic acids is 1. The summed E-state index contributed by atoms with van der Waals surface area (Å²) in [5.41, 5.74) is -0.830. The van der Waals surface area contributed by atoms with Gasteiger partial charge in [0.25, 0.3) is 0 Å². The summed E-state index contributed by atoms with van der Waals surface area (Å²) >= 11 is 0. The highest BCUT2D eigenvalue weighted by Gasteiger charge is 2.39. The van der Waals surface area contributed by atoms with Gasteiger partial charge in [0.1, 0.15) is 0 Å². The second kappa shape index (κ2) is 7.47. The maximum Gasteiger partial charge on any atom is 0.317 e. The van der Waals surface area contributed by atoms with E-state index in [9.17, 15) is 14.7 Å². The molecule has 0 aromatic heterocycles. The van der Waals surface area contributed by atoms with Crippen molar-refractivity contribution in [2.45, 2.75) is 33.6 Å². The molecule has 0 saturated carbocycles. The van der Waals surface area contributed by atoms with Crippen molar-refractivity contribution < 1.29 is 19.4 Å². The fourth-order valence-electron chi connectivity index (χ4n) is 2.25. The van der Waals surface area contributed by atoms with Crippen molar-refractivity contribution >= 4 is 12.0 Å². The van der Waals surface area contributed by atoms with Crippen molar-refractivity contribution in [1.82, 2.24) is 10.2 Å². The molecule has 1 unspecified atom stereocenters. The van der Waals surface area contributed by atoms with Gasteiger partial charge in [-0.05, 0) is 25.7 Å². The van der Waals surface area contributed by atoms with Gasteiger partial charge in [0.2, 0.25) is 0 Å². The first-order chi connectivity index (χ1) is 9.35. The molecule has 6 nitrogen and oxygen atoms in total. The number of carboxylic acids is 1. The van der Waals surface area contributed by atoms with Crippen LogP contribution in [0.15, 0.2) is 0 Å². The SMILES string of the molecule is CC(C)COCCNC(=O)N1CCCC(C)(C(=O)O)C1. The number of amides is 2. The molecule has 1 saturated heterocycles. The van der Waals surface area contributed by atoms with Gasteiger partial charge in [-0.25, -0.2) is 4.79 Å². The van der Waals surface area contributed by atoms with Crippen molar-refractivity contribution in [3.05, 3.63) is 0 Å². The molecule has 0 bridgehead atoms. The zero-order chi connectivity index (χ0) is 15.2. The Balaban J connectivity index is 2.31. The van der Waals surface area contributed by atoms with Crippen molar-refractivity contribution in [2.24, 2.45) is 11.3 Å². The maximum absolute atomic E-state index is 12.0. The molecule has 0 aliphatic carbocycles. The molecule has 0 aromatic carbocycles. The van der Waals surface area contributed by atoms with Crippen molar-refractivity contribution in [1.29, 1.82) is 0 Å². The summed E-state index contributed by atoms with van der Waals surface area (Å²) < 4.78 is 5.38. The summed E-state index contributed by atoms with van der Waals surface area (Å²) in [7, 11) is 0. The zero-order valence-corrected chi connectivity index (χ0v) is 12.6. The number of nitrogens with zero attached hydrogens (tertiary/aromatic N) is 1. The van der Waals surface area contributed by atoms with E-state index in [-0.39, 0.29) is 12.6 Å². The second-order valence-corrected chi connectivity index (χ2v) is 6.09. The third-order valence-corrected chi connectivity index (χ3v) is 3.47. The van der Waals surface area contributed by atoms with E-state index >= 15 is 0 Å². The molecular formula is C14H26N2O4. The Labute approximate surface area is 120 Å². The number of urea groups is 1. The van der Waals surface area contributed by atoms with E-state index in [1.807, 2.05) is 0 Å². The van der Waals surface area contributed by atoms with E-state index in [1.165, 1.54) is 0 Å². The first-order valence-electron chi connectivity index (χ1n) is 7.19. The lowest BCUT2D eigenvalue weighted by atomic mass is 9.82. The second-order valence-electron chi connectivity index (χ2n) is 6.09. The summed E-state index contributed by atoms with van der Waals surface area (Å²) in [6.07, 6.45) is 1.34. The molecule has 0 aromatic rings. The van der Waals surface area contributed by atoms with Crippen LogP contribution in [0.25, 0.3) is 0 Å². The fourth-order valence-corrected chi connectivity index (χ4v) is 2.25. The number of piperidine rings is 1. The van der Waals surface area contributed by atoms with Gasteiger partial charge in [0, 0.05) is 26.2 Å². The molecule has 2 N–H and O–H groups in total. The number of nitrogens with one attached hydrogen (secondary N) is 1. The fraction of sp³-hybridized carbons (Fsp3) is 0.857. The molecule has 0 spiro atoms. The average molecular weight is 286 g/mol. The molecule has 1 aliphatic heterocycles. The maximum atomic E-state index is 12.0. The Morgan fingerprint density at radius 2 is 2.15 bits per heavy atom. The summed E-state index contributed by atoms with van der Waals surface area (Å²) in [5, 5.41) is 12.0. The highest BCUT2D eigenvalue weighted by atomic mass is 16.5. The quantitative estimate of drug-likeness (QED) is 0.726. The first kappa shape index (κ1) is 16.8. The summed E-state index contributed by atoms with van der Waals surface area (Å²) in [6, 6.07) is -0.203. The van der Waals surface area contributed by atoms with E-state index < -0.39 is 11.4 Å². The standard InChI is InChI=1S/C14H26N2O4/c1-11(2)9-20-8-6-15-13(19)16-7-4-5-14(3,10-16)12(17)18/h11H,4-10H2,1-3H3,(H,15,19)(H,17,18). The highest BCUT2D eigenvalue weighted by Crippen LogP contribution is 2.29. The van der Waals surface area contributed by atoms with Crippen LogP contribution in [0.1, 0.15) is 33.6 Å². The van der Waals surface area contributed by atoms with E-state index in [2.05, 4.69) is 19.2 Å². The van der Waals surface area contributed by atoms with Crippen LogP contribution in [-0.2, 0) is 9.53 Å². The number of aliphatic carboxylic acids is 1. The van der Waals surface area contributed by atoms with E-state index in [0.717, 1.165) is 6.42 Å². The van der Waals surface area contributed by atoms with Crippen molar-refractivity contribution in [3.63, 3.8) is 0 Å². The number of carboxylic acid groups (broad SMARTS) is 1. The molecule has 1 rings (SSSR count). The Kier molecular flexibility index (Phi) is 6.26. The van der Waals surface area contributed by atoms with Gasteiger partial charge in [0.05, 0.1) is 12.0 Å². The van der Waals surface area contributed by atoms with Crippen molar-refractivity contribution in [2.75, 3.05) is 32.8 Å². The number of likely N-dealkylation sites (tertiary alicyclic amines) is 1. The summed E-state index contributed by atoms with van der Waals surface area (Å²) in [5.74, 6) is -0.362. The molecule has 1 atom stereocenters. The Morgan fingerprint density at radius 1 is 1.45 bits per heavy atom. The number of carbonyl (C=O) groups is 2. The van der Waals surface area contributed by atoms with Crippen LogP contribution in [0.3, 0.4) is 0 Å². The molecule has 1 fully saturated rings. The van der Waals surface area contributed by atoms with Gasteiger partial charge in [0.15, 0.2) is 0 Å². The van der Waals surface area contributed by atoms with E-state index in [4.69, 9.17) is 4.74 Å². The molecule has 20 heavy (non-hydrogen) atoms. The minimum atomic E-state index is -0.838. The third-order valence-electron chi connectivity index (χ3n) is 3.47. The van der Waals surface area contributed by atoms with Gasteiger partial charge in [-0.2, -0.15) is 0 Å². The van der Waals surface area contributed by atoms with Gasteiger partial charge < -0.3 is 20.1 Å². The minimum absolute atomic E-state index is 0.203.